The van der Waals surface area contributed by atoms with Gasteiger partial charge in [0.05, 0.1) is 0 Å². The van der Waals surface area contributed by atoms with Crippen LogP contribution in [0.4, 0.5) is 31.1 Å². The van der Waals surface area contributed by atoms with Gasteiger partial charge in [0.1, 0.15) is 17.2 Å². The van der Waals surface area contributed by atoms with Crippen LogP contribution in [0.1, 0.15) is 18.4 Å². The zero-order valence-electron chi connectivity index (χ0n) is 22.0. The summed E-state index contributed by atoms with van der Waals surface area (Å²) < 4.78 is 78.3. The lowest BCUT2D eigenvalue weighted by Crippen LogP contribution is -2.70. The number of barbiturate groups is 1. The van der Waals surface area contributed by atoms with Crippen molar-refractivity contribution in [2.75, 3.05) is 26.2 Å². The maximum atomic E-state index is 13.3. The van der Waals surface area contributed by atoms with Crippen molar-refractivity contribution >= 4 is 23.8 Å². The minimum atomic E-state index is -5.08. The van der Waals surface area contributed by atoms with Gasteiger partial charge < -0.3 is 19.9 Å². The standard InChI is InChI=1S/C24H23F3N4O5.C2HF3O2/c25-24(26,27)36-18-7-5-17(6-8-18)35-16-3-1-15(2-4-16)23(19(32)29-21(34)30-20(23)33)31-12-10-22(14-31)9-11-28-13-22;3-2(4,5)1(6)7/h1-8,28H,9-14H2,(H2,29,30,32,33,34);(H,6,7). The number of urea groups is 1. The zero-order valence-corrected chi connectivity index (χ0v) is 22.0. The number of ether oxygens (including phenoxy) is 2. The number of imide groups is 2. The van der Waals surface area contributed by atoms with Gasteiger partial charge in [0.15, 0.2) is 0 Å². The highest BCUT2D eigenvalue weighted by Gasteiger charge is 2.59. The van der Waals surface area contributed by atoms with E-state index in [1.807, 2.05) is 4.90 Å². The molecule has 1 atom stereocenters. The van der Waals surface area contributed by atoms with Crippen LogP contribution >= 0.6 is 0 Å². The number of hydrogen-bond donors (Lipinski definition) is 4. The maximum absolute atomic E-state index is 13.3. The van der Waals surface area contributed by atoms with Gasteiger partial charge in [-0.2, -0.15) is 13.2 Å². The van der Waals surface area contributed by atoms with E-state index >= 15 is 0 Å². The summed E-state index contributed by atoms with van der Waals surface area (Å²) in [7, 11) is 0. The molecule has 1 unspecified atom stereocenters. The first-order chi connectivity index (χ1) is 20.0. The summed E-state index contributed by atoms with van der Waals surface area (Å²) in [6.45, 7) is 2.68. The number of carbonyl (C=O) groups excluding carboxylic acids is 3. The summed E-state index contributed by atoms with van der Waals surface area (Å²) in [4.78, 5) is 49.1. The average molecular weight is 618 g/mol. The molecule has 0 bridgehead atoms. The summed E-state index contributed by atoms with van der Waals surface area (Å²) in [6, 6.07) is 10.3. The van der Waals surface area contributed by atoms with Gasteiger partial charge in [-0.1, -0.05) is 12.1 Å². The molecule has 0 aromatic heterocycles. The number of alkyl halides is 6. The van der Waals surface area contributed by atoms with Gasteiger partial charge in [-0.25, -0.2) is 9.59 Å². The fourth-order valence-corrected chi connectivity index (χ4v) is 5.23. The SMILES string of the molecule is O=C(O)C(F)(F)F.O=C1NC(=O)C(c2ccc(Oc3ccc(OC(F)(F)F)cc3)cc2)(N2CCC3(CCNC3)C2)C(=O)N1. The number of nitrogens with zero attached hydrogens (tertiary/aromatic N) is 1. The predicted molar refractivity (Wildman–Crippen MR) is 133 cm³/mol. The van der Waals surface area contributed by atoms with Gasteiger partial charge in [0, 0.05) is 19.6 Å². The van der Waals surface area contributed by atoms with E-state index in [4.69, 9.17) is 14.6 Å². The van der Waals surface area contributed by atoms with Crippen molar-refractivity contribution in [2.45, 2.75) is 30.9 Å². The number of halogens is 6. The third kappa shape index (κ3) is 6.99. The van der Waals surface area contributed by atoms with Crippen LogP contribution in [0, 0.1) is 5.41 Å². The zero-order chi connectivity index (χ0) is 31.6. The number of amides is 4. The van der Waals surface area contributed by atoms with Gasteiger partial charge in [-0.05, 0) is 66.8 Å². The van der Waals surface area contributed by atoms with Crippen LogP contribution in [0.3, 0.4) is 0 Å². The third-order valence-electron chi connectivity index (χ3n) is 7.16. The van der Waals surface area contributed by atoms with Crippen molar-refractivity contribution in [3.8, 4) is 17.2 Å². The number of nitrogens with one attached hydrogen (secondary N) is 3. The number of carbonyl (C=O) groups is 4. The number of benzene rings is 2. The molecule has 3 saturated heterocycles. The van der Waals surface area contributed by atoms with E-state index in [-0.39, 0.29) is 16.9 Å². The molecule has 0 saturated carbocycles. The van der Waals surface area contributed by atoms with Crippen LogP contribution in [-0.4, -0.2) is 72.5 Å². The molecule has 2 aromatic carbocycles. The number of likely N-dealkylation sites (tertiary alicyclic amines) is 1. The lowest BCUT2D eigenvalue weighted by atomic mass is 9.83. The first-order valence-electron chi connectivity index (χ1n) is 12.6. The van der Waals surface area contributed by atoms with E-state index in [1.165, 1.54) is 12.1 Å². The van der Waals surface area contributed by atoms with Crippen LogP contribution < -0.4 is 25.4 Å². The summed E-state index contributed by atoms with van der Waals surface area (Å²) >= 11 is 0. The molecule has 232 valence electrons. The molecule has 43 heavy (non-hydrogen) atoms. The molecule has 3 aliphatic rings. The molecule has 5 rings (SSSR count). The van der Waals surface area contributed by atoms with Crippen LogP contribution in [0.15, 0.2) is 48.5 Å². The normalized spacial score (nSPS) is 22.0. The lowest BCUT2D eigenvalue weighted by Gasteiger charge is -2.41. The van der Waals surface area contributed by atoms with E-state index in [9.17, 15) is 40.7 Å². The molecule has 3 heterocycles. The minimum Gasteiger partial charge on any atom is -0.475 e. The Bertz CT molecular complexity index is 1350. The molecule has 4 amide bonds. The fourth-order valence-electron chi connectivity index (χ4n) is 5.23. The van der Waals surface area contributed by atoms with Crippen LogP contribution in [0.25, 0.3) is 0 Å². The van der Waals surface area contributed by atoms with Gasteiger partial charge in [-0.3, -0.25) is 25.1 Å². The monoisotopic (exact) mass is 618 g/mol. The molecule has 2 aromatic rings. The minimum absolute atomic E-state index is 0.0416. The maximum Gasteiger partial charge on any atom is 0.573 e. The molecular weight excluding hydrogens is 594 g/mol. The third-order valence-corrected chi connectivity index (χ3v) is 7.16. The molecule has 4 N–H and O–H groups in total. The number of aliphatic carboxylic acids is 1. The van der Waals surface area contributed by atoms with Crippen molar-refractivity contribution < 1.29 is 60.1 Å². The Kier molecular flexibility index (Phi) is 8.60. The molecule has 11 nitrogen and oxygen atoms in total. The Morgan fingerprint density at radius 1 is 0.837 bits per heavy atom. The molecular formula is C26H24F6N4O7. The molecule has 1 spiro atoms. The van der Waals surface area contributed by atoms with Crippen molar-refractivity contribution in [2.24, 2.45) is 5.41 Å². The Morgan fingerprint density at radius 3 is 1.81 bits per heavy atom. The highest BCUT2D eigenvalue weighted by molar-refractivity contribution is 6.22. The van der Waals surface area contributed by atoms with E-state index < -0.39 is 41.9 Å². The summed E-state index contributed by atoms with van der Waals surface area (Å²) in [5.41, 5.74) is -1.40. The van der Waals surface area contributed by atoms with Crippen molar-refractivity contribution in [3.05, 3.63) is 54.1 Å². The molecule has 0 aliphatic carbocycles. The second-order valence-electron chi connectivity index (χ2n) is 9.99. The number of carboxylic acid groups (broad SMARTS) is 1. The second-order valence-corrected chi connectivity index (χ2v) is 9.99. The fraction of sp³-hybridized carbons (Fsp3) is 0.385. The average Bonchev–Trinajstić information content (AvgIpc) is 3.54. The molecule has 3 aliphatic heterocycles. The summed E-state index contributed by atoms with van der Waals surface area (Å²) in [6.07, 6.45) is -8.13. The quantitative estimate of drug-likeness (QED) is 0.293. The van der Waals surface area contributed by atoms with Gasteiger partial charge >= 0.3 is 24.5 Å². The Hall–Kier alpha value is -4.38. The van der Waals surface area contributed by atoms with Crippen LogP contribution in [-0.2, 0) is 19.9 Å². The summed E-state index contributed by atoms with van der Waals surface area (Å²) in [5, 5.41) is 14.9. The molecule has 17 heteroatoms. The second kappa shape index (κ2) is 11.7. The highest BCUT2D eigenvalue weighted by Crippen LogP contribution is 2.43. The Balaban J connectivity index is 0.000000541. The first-order valence-corrected chi connectivity index (χ1v) is 12.6. The Morgan fingerprint density at radius 2 is 1.35 bits per heavy atom. The first kappa shape index (κ1) is 31.6. The van der Waals surface area contributed by atoms with E-state index in [1.54, 1.807) is 24.3 Å². The molecule has 0 radical (unpaired) electrons. The van der Waals surface area contributed by atoms with Crippen molar-refractivity contribution in [1.29, 1.82) is 0 Å². The van der Waals surface area contributed by atoms with Gasteiger partial charge in [-0.15, -0.1) is 13.2 Å². The van der Waals surface area contributed by atoms with E-state index in [2.05, 4.69) is 20.7 Å². The van der Waals surface area contributed by atoms with Crippen LogP contribution in [0.5, 0.6) is 17.2 Å². The lowest BCUT2D eigenvalue weighted by molar-refractivity contribution is -0.274. The van der Waals surface area contributed by atoms with Gasteiger partial charge in [0.2, 0.25) is 5.54 Å². The number of rotatable bonds is 5. The number of hydrogen-bond acceptors (Lipinski definition) is 8. The van der Waals surface area contributed by atoms with Crippen molar-refractivity contribution in [1.82, 2.24) is 20.9 Å². The highest BCUT2D eigenvalue weighted by atomic mass is 19.4. The summed E-state index contributed by atoms with van der Waals surface area (Å²) in [5.74, 6) is -3.96. The topological polar surface area (TPSA) is 146 Å². The largest absolute Gasteiger partial charge is 0.573 e. The smallest absolute Gasteiger partial charge is 0.475 e. The molecule has 3 fully saturated rings. The Labute approximate surface area is 239 Å². The van der Waals surface area contributed by atoms with Crippen LogP contribution in [0.2, 0.25) is 0 Å². The van der Waals surface area contributed by atoms with Gasteiger partial charge in [0.25, 0.3) is 11.8 Å². The van der Waals surface area contributed by atoms with Crippen molar-refractivity contribution in [3.63, 3.8) is 0 Å². The van der Waals surface area contributed by atoms with E-state index in [0.717, 1.165) is 38.1 Å². The predicted octanol–water partition coefficient (Wildman–Crippen LogP) is 3.26. The number of carboxylic acids is 1. The van der Waals surface area contributed by atoms with E-state index in [0.29, 0.717) is 24.4 Å².